The van der Waals surface area contributed by atoms with Crippen molar-refractivity contribution >= 4 is 23.5 Å². The van der Waals surface area contributed by atoms with E-state index in [0.29, 0.717) is 11.3 Å². The number of carbonyl (C=O) groups excluding carboxylic acids is 3. The van der Waals surface area contributed by atoms with Crippen molar-refractivity contribution in [3.05, 3.63) is 65.5 Å². The minimum absolute atomic E-state index is 0.188. The molecule has 2 N–H and O–H groups in total. The number of nitrogens with zero attached hydrogens (tertiary/aromatic N) is 1. The molecule has 138 valence electrons. The molecule has 0 atom stereocenters. The van der Waals surface area contributed by atoms with Crippen LogP contribution in [0.3, 0.4) is 0 Å². The molecule has 2 aromatic carbocycles. The molecule has 0 unspecified atom stereocenters. The summed E-state index contributed by atoms with van der Waals surface area (Å²) < 4.78 is 17.7. The average Bonchev–Trinajstić information content (AvgIpc) is 2.66. The zero-order valence-electron chi connectivity index (χ0n) is 14.2. The second-order valence-electron chi connectivity index (χ2n) is 5.44. The highest BCUT2D eigenvalue weighted by Crippen LogP contribution is 2.11. The second-order valence-corrected chi connectivity index (χ2v) is 5.44. The van der Waals surface area contributed by atoms with Gasteiger partial charge in [-0.05, 0) is 42.0 Å². The van der Waals surface area contributed by atoms with Gasteiger partial charge in [0.25, 0.3) is 5.91 Å². The van der Waals surface area contributed by atoms with E-state index in [1.54, 1.807) is 18.2 Å². The number of halogens is 1. The summed E-state index contributed by atoms with van der Waals surface area (Å²) in [6, 6.07) is 13.2. The molecule has 0 bridgehead atoms. The van der Waals surface area contributed by atoms with Gasteiger partial charge in [-0.15, -0.1) is 0 Å². The van der Waals surface area contributed by atoms with Gasteiger partial charge in [0.15, 0.2) is 6.61 Å². The van der Waals surface area contributed by atoms with Gasteiger partial charge in [0, 0.05) is 12.2 Å². The van der Waals surface area contributed by atoms with Gasteiger partial charge in [0.05, 0.1) is 11.6 Å². The molecule has 0 aliphatic heterocycles. The largest absolute Gasteiger partial charge is 0.452 e. The number of benzene rings is 2. The van der Waals surface area contributed by atoms with Gasteiger partial charge < -0.3 is 15.4 Å². The maximum atomic E-state index is 12.8. The Balaban J connectivity index is 1.77. The number of nitriles is 1. The van der Waals surface area contributed by atoms with Crippen LogP contribution < -0.4 is 10.6 Å². The Morgan fingerprint density at radius 2 is 1.67 bits per heavy atom. The van der Waals surface area contributed by atoms with Gasteiger partial charge in [-0.2, -0.15) is 5.26 Å². The number of hydrogen-bond donors (Lipinski definition) is 2. The molecule has 8 heteroatoms. The Labute approximate surface area is 154 Å². The molecule has 0 radical (unpaired) electrons. The first-order chi connectivity index (χ1) is 13.0. The lowest BCUT2D eigenvalue weighted by atomic mass is 10.2. The average molecular weight is 369 g/mol. The van der Waals surface area contributed by atoms with E-state index in [1.165, 1.54) is 36.4 Å². The van der Waals surface area contributed by atoms with Crippen molar-refractivity contribution in [2.45, 2.75) is 13.0 Å². The fourth-order valence-corrected chi connectivity index (χ4v) is 2.03. The predicted octanol–water partition coefficient (Wildman–Crippen LogP) is 2.15. The van der Waals surface area contributed by atoms with Gasteiger partial charge in [0.2, 0.25) is 5.91 Å². The van der Waals surface area contributed by atoms with E-state index in [9.17, 15) is 18.8 Å². The number of esters is 1. The predicted molar refractivity (Wildman–Crippen MR) is 93.8 cm³/mol. The first-order valence-corrected chi connectivity index (χ1v) is 7.93. The molecule has 2 aromatic rings. The molecule has 7 nitrogen and oxygen atoms in total. The molecule has 0 aliphatic carbocycles. The molecule has 0 saturated carbocycles. The van der Waals surface area contributed by atoms with Crippen LogP contribution in [0, 0.1) is 17.1 Å². The lowest BCUT2D eigenvalue weighted by molar-refractivity contribution is -0.124. The van der Waals surface area contributed by atoms with E-state index in [2.05, 4.69) is 10.6 Å². The Morgan fingerprint density at radius 1 is 1.00 bits per heavy atom. The maximum Gasteiger partial charge on any atom is 0.338 e. The van der Waals surface area contributed by atoms with Crippen LogP contribution in [0.4, 0.5) is 10.1 Å². The smallest absolute Gasteiger partial charge is 0.338 e. The van der Waals surface area contributed by atoms with Crippen LogP contribution in [0.15, 0.2) is 48.5 Å². The quantitative estimate of drug-likeness (QED) is 0.727. The van der Waals surface area contributed by atoms with Gasteiger partial charge in [-0.25, -0.2) is 9.18 Å². The Bertz CT molecular complexity index is 858. The SMILES string of the molecule is N#CCC(=O)Nc1ccc(C(=O)OCC(=O)NCc2ccc(F)cc2)cc1. The van der Waals surface area contributed by atoms with Crippen LogP contribution in [0.2, 0.25) is 0 Å². The summed E-state index contributed by atoms with van der Waals surface area (Å²) >= 11 is 0. The minimum atomic E-state index is -0.693. The van der Waals surface area contributed by atoms with E-state index in [-0.39, 0.29) is 24.3 Å². The van der Waals surface area contributed by atoms with Gasteiger partial charge in [-0.1, -0.05) is 12.1 Å². The van der Waals surface area contributed by atoms with Crippen molar-refractivity contribution < 1.29 is 23.5 Å². The van der Waals surface area contributed by atoms with Crippen LogP contribution in [0.5, 0.6) is 0 Å². The molecule has 27 heavy (non-hydrogen) atoms. The number of ether oxygens (including phenoxy) is 1. The monoisotopic (exact) mass is 369 g/mol. The van der Waals surface area contributed by atoms with Crippen LogP contribution >= 0.6 is 0 Å². The highest BCUT2D eigenvalue weighted by Gasteiger charge is 2.10. The highest BCUT2D eigenvalue weighted by atomic mass is 19.1. The number of carbonyl (C=O) groups is 3. The van der Waals surface area contributed by atoms with Gasteiger partial charge >= 0.3 is 5.97 Å². The number of anilines is 1. The second kappa shape index (κ2) is 9.68. The van der Waals surface area contributed by atoms with Crippen molar-refractivity contribution in [3.8, 4) is 6.07 Å². The molecule has 0 aromatic heterocycles. The third kappa shape index (κ3) is 6.59. The molecule has 0 fully saturated rings. The van der Waals surface area contributed by atoms with E-state index < -0.39 is 24.4 Å². The summed E-state index contributed by atoms with van der Waals surface area (Å²) in [7, 11) is 0. The summed E-state index contributed by atoms with van der Waals surface area (Å²) in [6.45, 7) is -0.269. The molecular weight excluding hydrogens is 353 g/mol. The van der Waals surface area contributed by atoms with Crippen LogP contribution in [-0.2, 0) is 20.9 Å². The highest BCUT2D eigenvalue weighted by molar-refractivity contribution is 5.94. The molecule has 0 saturated heterocycles. The van der Waals surface area contributed by atoms with Crippen molar-refractivity contribution in [2.24, 2.45) is 0 Å². The Kier molecular flexibility index (Phi) is 7.02. The maximum absolute atomic E-state index is 12.8. The lowest BCUT2D eigenvalue weighted by Crippen LogP contribution is -2.28. The molecule has 2 amide bonds. The zero-order chi connectivity index (χ0) is 19.6. The molecule has 0 heterocycles. The first kappa shape index (κ1) is 19.6. The molecular formula is C19H16FN3O4. The summed E-state index contributed by atoms with van der Waals surface area (Å²) in [5, 5.41) is 13.5. The van der Waals surface area contributed by atoms with Crippen molar-refractivity contribution in [1.82, 2.24) is 5.32 Å². The fraction of sp³-hybridized carbons (Fsp3) is 0.158. The van der Waals surface area contributed by atoms with E-state index in [0.717, 1.165) is 0 Å². The van der Waals surface area contributed by atoms with Crippen LogP contribution in [-0.4, -0.2) is 24.4 Å². The number of rotatable bonds is 7. The van der Waals surface area contributed by atoms with Crippen molar-refractivity contribution in [1.29, 1.82) is 5.26 Å². The Morgan fingerprint density at radius 3 is 2.30 bits per heavy atom. The van der Waals surface area contributed by atoms with Crippen LogP contribution in [0.1, 0.15) is 22.3 Å². The molecule has 2 rings (SSSR count). The van der Waals surface area contributed by atoms with E-state index in [4.69, 9.17) is 10.00 Å². The number of hydrogen-bond acceptors (Lipinski definition) is 5. The zero-order valence-corrected chi connectivity index (χ0v) is 14.2. The van der Waals surface area contributed by atoms with Gasteiger partial charge in [-0.3, -0.25) is 9.59 Å². The van der Waals surface area contributed by atoms with Gasteiger partial charge in [0.1, 0.15) is 12.2 Å². The van der Waals surface area contributed by atoms with E-state index in [1.807, 2.05) is 0 Å². The molecule has 0 aliphatic rings. The minimum Gasteiger partial charge on any atom is -0.452 e. The lowest BCUT2D eigenvalue weighted by Gasteiger charge is -2.08. The summed E-state index contributed by atoms with van der Waals surface area (Å²) in [6.07, 6.45) is -0.267. The topological polar surface area (TPSA) is 108 Å². The third-order valence-electron chi connectivity index (χ3n) is 3.38. The number of amides is 2. The fourth-order valence-electron chi connectivity index (χ4n) is 2.03. The van der Waals surface area contributed by atoms with Crippen LogP contribution in [0.25, 0.3) is 0 Å². The number of nitrogens with one attached hydrogen (secondary N) is 2. The first-order valence-electron chi connectivity index (χ1n) is 7.93. The normalized spacial score (nSPS) is 9.78. The summed E-state index contributed by atoms with van der Waals surface area (Å²) in [5.41, 5.74) is 1.36. The summed E-state index contributed by atoms with van der Waals surface area (Å²) in [5.74, 6) is -2.00. The third-order valence-corrected chi connectivity index (χ3v) is 3.38. The standard InChI is InChI=1S/C19H16FN3O4/c20-15-5-1-13(2-6-15)11-22-18(25)12-27-19(26)14-3-7-16(8-4-14)23-17(24)9-10-21/h1-8H,9,11-12H2,(H,22,25)(H,23,24). The molecule has 0 spiro atoms. The van der Waals surface area contributed by atoms with E-state index >= 15 is 0 Å². The summed E-state index contributed by atoms with van der Waals surface area (Å²) in [4.78, 5) is 34.9. The van der Waals surface area contributed by atoms with Crippen molar-refractivity contribution in [2.75, 3.05) is 11.9 Å². The van der Waals surface area contributed by atoms with Crippen molar-refractivity contribution in [3.63, 3.8) is 0 Å². The Hall–Kier alpha value is -3.73.